The lowest BCUT2D eigenvalue weighted by Crippen LogP contribution is -2.17. The highest BCUT2D eigenvalue weighted by Gasteiger charge is 2.30. The number of amides is 1. The van der Waals surface area contributed by atoms with E-state index in [1.807, 2.05) is 0 Å². The molecule has 1 aromatic heterocycles. The molecule has 0 bridgehead atoms. The summed E-state index contributed by atoms with van der Waals surface area (Å²) in [5.74, 6) is -0.638. The summed E-state index contributed by atoms with van der Waals surface area (Å²) in [5, 5.41) is 3.99. The Hall–Kier alpha value is -2.85. The van der Waals surface area contributed by atoms with Gasteiger partial charge in [-0.05, 0) is 47.8 Å². The number of rotatable bonds is 5. The third-order valence-electron chi connectivity index (χ3n) is 3.64. The number of benzene rings is 2. The van der Waals surface area contributed by atoms with Crippen LogP contribution >= 0.6 is 11.3 Å². The van der Waals surface area contributed by atoms with Crippen molar-refractivity contribution < 1.29 is 26.4 Å². The van der Waals surface area contributed by atoms with Crippen molar-refractivity contribution in [3.8, 4) is 0 Å². The van der Waals surface area contributed by atoms with Crippen LogP contribution in [0.3, 0.4) is 0 Å². The van der Waals surface area contributed by atoms with E-state index in [0.29, 0.717) is 0 Å². The number of carbonyl (C=O) groups excluding carboxylic acids is 1. The molecule has 0 atom stereocenters. The predicted octanol–water partition coefficient (Wildman–Crippen LogP) is 4.82. The Morgan fingerprint density at radius 3 is 2.18 bits per heavy atom. The van der Waals surface area contributed by atoms with Gasteiger partial charge in [-0.15, -0.1) is 11.3 Å². The Morgan fingerprint density at radius 1 is 0.929 bits per heavy atom. The first-order chi connectivity index (χ1) is 13.2. The SMILES string of the molecule is O=C(Nc1ccc(C(F)(F)F)cc1)c1sccc1NS(=O)(=O)c1ccccc1. The van der Waals surface area contributed by atoms with Crippen molar-refractivity contribution in [2.24, 2.45) is 0 Å². The lowest BCUT2D eigenvalue weighted by atomic mass is 10.2. The highest BCUT2D eigenvalue weighted by molar-refractivity contribution is 7.92. The monoisotopic (exact) mass is 426 g/mol. The number of thiophene rings is 1. The smallest absolute Gasteiger partial charge is 0.321 e. The first-order valence-electron chi connectivity index (χ1n) is 7.81. The molecule has 3 aromatic rings. The molecule has 10 heteroatoms. The fourth-order valence-corrected chi connectivity index (χ4v) is 4.20. The van der Waals surface area contributed by atoms with E-state index in [4.69, 9.17) is 0 Å². The molecule has 146 valence electrons. The van der Waals surface area contributed by atoms with E-state index in [2.05, 4.69) is 10.0 Å². The second kappa shape index (κ2) is 7.64. The number of halogens is 3. The zero-order valence-electron chi connectivity index (χ0n) is 14.0. The summed E-state index contributed by atoms with van der Waals surface area (Å²) in [5.41, 5.74) is -0.598. The Balaban J connectivity index is 1.77. The summed E-state index contributed by atoms with van der Waals surface area (Å²) >= 11 is 1.00. The molecule has 0 aliphatic rings. The third-order valence-corrected chi connectivity index (χ3v) is 5.93. The molecular weight excluding hydrogens is 413 g/mol. The molecule has 0 aliphatic carbocycles. The summed E-state index contributed by atoms with van der Waals surface area (Å²) in [4.78, 5) is 12.6. The molecule has 0 spiro atoms. The van der Waals surface area contributed by atoms with Crippen LogP contribution in [-0.4, -0.2) is 14.3 Å². The standard InChI is InChI=1S/C18H13F3N2O3S2/c19-18(20,21)12-6-8-13(9-7-12)22-17(24)16-15(10-11-27-16)23-28(25,26)14-4-2-1-3-5-14/h1-11,23H,(H,22,24). The van der Waals surface area contributed by atoms with E-state index in [9.17, 15) is 26.4 Å². The molecule has 2 N–H and O–H groups in total. The van der Waals surface area contributed by atoms with Gasteiger partial charge in [-0.2, -0.15) is 13.2 Å². The van der Waals surface area contributed by atoms with Crippen LogP contribution in [0.25, 0.3) is 0 Å². The topological polar surface area (TPSA) is 75.3 Å². The molecule has 0 saturated carbocycles. The van der Waals surface area contributed by atoms with E-state index < -0.39 is 27.7 Å². The van der Waals surface area contributed by atoms with Crippen molar-refractivity contribution in [2.75, 3.05) is 10.0 Å². The highest BCUT2D eigenvalue weighted by atomic mass is 32.2. The molecule has 3 rings (SSSR count). The summed E-state index contributed by atoms with van der Waals surface area (Å²) in [6.45, 7) is 0. The van der Waals surface area contributed by atoms with Crippen LogP contribution in [0.15, 0.2) is 70.9 Å². The van der Waals surface area contributed by atoms with E-state index in [-0.39, 0.29) is 21.1 Å². The lowest BCUT2D eigenvalue weighted by Gasteiger charge is -2.10. The lowest BCUT2D eigenvalue weighted by molar-refractivity contribution is -0.137. The molecule has 0 unspecified atom stereocenters. The van der Waals surface area contributed by atoms with Crippen molar-refractivity contribution in [2.45, 2.75) is 11.1 Å². The van der Waals surface area contributed by atoms with Gasteiger partial charge in [-0.3, -0.25) is 9.52 Å². The normalized spacial score (nSPS) is 11.8. The molecule has 2 aromatic carbocycles. The van der Waals surface area contributed by atoms with Crippen LogP contribution in [0.1, 0.15) is 15.2 Å². The van der Waals surface area contributed by atoms with Gasteiger partial charge >= 0.3 is 6.18 Å². The van der Waals surface area contributed by atoms with E-state index in [1.54, 1.807) is 18.2 Å². The van der Waals surface area contributed by atoms with Crippen LogP contribution in [0, 0.1) is 0 Å². The second-order valence-corrected chi connectivity index (χ2v) is 8.21. The Bertz CT molecular complexity index is 1080. The van der Waals surface area contributed by atoms with Crippen molar-refractivity contribution in [3.63, 3.8) is 0 Å². The maximum Gasteiger partial charge on any atom is 0.416 e. The molecule has 0 aliphatic heterocycles. The minimum Gasteiger partial charge on any atom is -0.321 e. The molecule has 0 fully saturated rings. The highest BCUT2D eigenvalue weighted by Crippen LogP contribution is 2.30. The zero-order valence-corrected chi connectivity index (χ0v) is 15.7. The maximum atomic E-state index is 12.6. The van der Waals surface area contributed by atoms with Crippen LogP contribution in [0.4, 0.5) is 24.5 Å². The van der Waals surface area contributed by atoms with E-state index in [0.717, 1.165) is 35.6 Å². The number of hydrogen-bond acceptors (Lipinski definition) is 4. The molecule has 0 radical (unpaired) electrons. The van der Waals surface area contributed by atoms with Crippen LogP contribution in [-0.2, 0) is 16.2 Å². The van der Waals surface area contributed by atoms with Gasteiger partial charge in [0.15, 0.2) is 0 Å². The fourth-order valence-electron chi connectivity index (χ4n) is 2.30. The first kappa shape index (κ1) is 19.9. The van der Waals surface area contributed by atoms with Crippen molar-refractivity contribution >= 4 is 38.6 Å². The average molecular weight is 426 g/mol. The van der Waals surface area contributed by atoms with Gasteiger partial charge in [0.25, 0.3) is 15.9 Å². The third kappa shape index (κ3) is 4.52. The van der Waals surface area contributed by atoms with Crippen molar-refractivity contribution in [1.29, 1.82) is 0 Å². The Kier molecular flexibility index (Phi) is 5.43. The van der Waals surface area contributed by atoms with Crippen LogP contribution < -0.4 is 10.0 Å². The number of carbonyl (C=O) groups is 1. The molecule has 1 heterocycles. The number of hydrogen-bond donors (Lipinski definition) is 2. The first-order valence-corrected chi connectivity index (χ1v) is 10.2. The quantitative estimate of drug-likeness (QED) is 0.614. The molecular formula is C18H13F3N2O3S2. The van der Waals surface area contributed by atoms with Gasteiger partial charge in [0.2, 0.25) is 0 Å². The number of nitrogens with one attached hydrogen (secondary N) is 2. The minimum atomic E-state index is -4.47. The number of anilines is 2. The van der Waals surface area contributed by atoms with Gasteiger partial charge in [-0.25, -0.2) is 8.42 Å². The van der Waals surface area contributed by atoms with Crippen LogP contribution in [0.2, 0.25) is 0 Å². The van der Waals surface area contributed by atoms with Gasteiger partial charge in [0.05, 0.1) is 16.1 Å². The number of sulfonamides is 1. The van der Waals surface area contributed by atoms with Crippen molar-refractivity contribution in [1.82, 2.24) is 0 Å². The van der Waals surface area contributed by atoms with Gasteiger partial charge in [0.1, 0.15) is 4.88 Å². The molecule has 1 amide bonds. The van der Waals surface area contributed by atoms with Gasteiger partial charge in [-0.1, -0.05) is 18.2 Å². The van der Waals surface area contributed by atoms with Gasteiger partial charge < -0.3 is 5.32 Å². The molecule has 0 saturated heterocycles. The minimum absolute atomic E-state index is 0.0373. The zero-order chi connectivity index (χ0) is 20.4. The largest absolute Gasteiger partial charge is 0.416 e. The van der Waals surface area contributed by atoms with E-state index >= 15 is 0 Å². The molecule has 28 heavy (non-hydrogen) atoms. The predicted molar refractivity (Wildman–Crippen MR) is 101 cm³/mol. The Morgan fingerprint density at radius 2 is 1.57 bits per heavy atom. The Labute approximate surface area is 162 Å². The summed E-state index contributed by atoms with van der Waals surface area (Å²) in [7, 11) is -3.88. The van der Waals surface area contributed by atoms with Gasteiger partial charge in [0, 0.05) is 5.69 Å². The van der Waals surface area contributed by atoms with E-state index in [1.165, 1.54) is 23.6 Å². The van der Waals surface area contributed by atoms with Crippen molar-refractivity contribution in [3.05, 3.63) is 76.5 Å². The van der Waals surface area contributed by atoms with Crippen LogP contribution in [0.5, 0.6) is 0 Å². The summed E-state index contributed by atoms with van der Waals surface area (Å²) < 4.78 is 65.0. The maximum absolute atomic E-state index is 12.6. The summed E-state index contributed by atoms with van der Waals surface area (Å²) in [6, 6.07) is 13.0. The molecule has 5 nitrogen and oxygen atoms in total. The average Bonchev–Trinajstić information content (AvgIpc) is 3.10. The number of alkyl halides is 3. The fraction of sp³-hybridized carbons (Fsp3) is 0.0556. The second-order valence-electron chi connectivity index (χ2n) is 5.61. The summed E-state index contributed by atoms with van der Waals surface area (Å²) in [6.07, 6.45) is -4.47.